The average molecular weight is 217 g/mol. The molecule has 80 valence electrons. The van der Waals surface area contributed by atoms with Crippen molar-refractivity contribution in [2.24, 2.45) is 0 Å². The van der Waals surface area contributed by atoms with E-state index in [2.05, 4.69) is 9.72 Å². The van der Waals surface area contributed by atoms with Gasteiger partial charge < -0.3 is 10.5 Å². The molecule has 1 aromatic heterocycles. The van der Waals surface area contributed by atoms with Crippen LogP contribution in [0.15, 0.2) is 6.20 Å². The molecule has 1 aromatic rings. The first-order chi connectivity index (χ1) is 6.85. The van der Waals surface area contributed by atoms with E-state index in [1.54, 1.807) is 6.07 Å². The molecular formula is C8H6F3N3O. The smallest absolute Gasteiger partial charge is 0.402 e. The van der Waals surface area contributed by atoms with Crippen LogP contribution in [0.1, 0.15) is 11.3 Å². The van der Waals surface area contributed by atoms with Gasteiger partial charge in [-0.05, 0) is 6.92 Å². The predicted molar refractivity (Wildman–Crippen MR) is 44.8 cm³/mol. The molecule has 0 saturated heterocycles. The summed E-state index contributed by atoms with van der Waals surface area (Å²) in [6.07, 6.45) is -3.87. The molecule has 1 rings (SSSR count). The van der Waals surface area contributed by atoms with Crippen LogP contribution in [0.25, 0.3) is 0 Å². The van der Waals surface area contributed by atoms with E-state index in [1.807, 2.05) is 0 Å². The molecule has 7 heteroatoms. The quantitative estimate of drug-likeness (QED) is 0.777. The maximum atomic E-state index is 12.0. The van der Waals surface area contributed by atoms with E-state index in [0.29, 0.717) is 0 Å². The molecule has 0 amide bonds. The molecule has 1 heterocycles. The number of nitrogens with zero attached hydrogens (tertiary/aromatic N) is 2. The molecule has 0 aromatic carbocycles. The van der Waals surface area contributed by atoms with E-state index in [4.69, 9.17) is 11.0 Å². The lowest BCUT2D eigenvalue weighted by Crippen LogP contribution is -2.19. The maximum absolute atomic E-state index is 12.0. The lowest BCUT2D eigenvalue weighted by atomic mass is 10.2. The Morgan fingerprint density at radius 3 is 2.60 bits per heavy atom. The summed E-state index contributed by atoms with van der Waals surface area (Å²) in [5, 5.41) is 8.63. The number of rotatable bonds is 1. The molecule has 0 aliphatic rings. The van der Waals surface area contributed by atoms with Crippen LogP contribution in [0.5, 0.6) is 5.75 Å². The highest BCUT2D eigenvalue weighted by Gasteiger charge is 2.33. The fourth-order valence-electron chi connectivity index (χ4n) is 0.956. The summed E-state index contributed by atoms with van der Waals surface area (Å²) in [4.78, 5) is 3.65. The first-order valence-electron chi connectivity index (χ1n) is 3.76. The van der Waals surface area contributed by atoms with E-state index in [9.17, 15) is 13.2 Å². The number of pyridine rings is 1. The Kier molecular flexibility index (Phi) is 2.70. The summed E-state index contributed by atoms with van der Waals surface area (Å²) in [6, 6.07) is 1.56. The highest BCUT2D eigenvalue weighted by molar-refractivity contribution is 5.60. The first-order valence-corrected chi connectivity index (χ1v) is 3.76. The van der Waals surface area contributed by atoms with Crippen molar-refractivity contribution in [3.8, 4) is 11.8 Å². The van der Waals surface area contributed by atoms with Gasteiger partial charge in [0, 0.05) is 0 Å². The number of ether oxygens (including phenoxy) is 1. The molecule has 4 nitrogen and oxygen atoms in total. The van der Waals surface area contributed by atoms with E-state index in [1.165, 1.54) is 6.92 Å². The number of aromatic nitrogens is 1. The van der Waals surface area contributed by atoms with E-state index in [0.717, 1.165) is 6.20 Å². The van der Waals surface area contributed by atoms with Gasteiger partial charge in [-0.3, -0.25) is 4.98 Å². The topological polar surface area (TPSA) is 71.9 Å². The zero-order valence-corrected chi connectivity index (χ0v) is 7.59. The molecule has 0 atom stereocenters. The Labute approximate surface area is 83.1 Å². The van der Waals surface area contributed by atoms with Crippen LogP contribution in [0.4, 0.5) is 18.9 Å². The van der Waals surface area contributed by atoms with Crippen molar-refractivity contribution in [3.05, 3.63) is 17.5 Å². The highest BCUT2D eigenvalue weighted by atomic mass is 19.4. The Bertz CT molecular complexity index is 422. The van der Waals surface area contributed by atoms with Crippen molar-refractivity contribution < 1.29 is 17.9 Å². The Morgan fingerprint density at radius 2 is 2.13 bits per heavy atom. The summed E-state index contributed by atoms with van der Waals surface area (Å²) in [5.41, 5.74) is 4.73. The Hall–Kier alpha value is -1.97. The number of halogens is 3. The number of nitrogen functional groups attached to an aromatic ring is 1. The van der Waals surface area contributed by atoms with Gasteiger partial charge in [0.05, 0.1) is 17.6 Å². The molecule has 0 fully saturated rings. The van der Waals surface area contributed by atoms with Crippen molar-refractivity contribution in [2.75, 3.05) is 5.73 Å². The van der Waals surface area contributed by atoms with Gasteiger partial charge in [-0.15, -0.1) is 13.2 Å². The fraction of sp³-hybridized carbons (Fsp3) is 0.250. The molecule has 15 heavy (non-hydrogen) atoms. The van der Waals surface area contributed by atoms with E-state index < -0.39 is 12.1 Å². The predicted octanol–water partition coefficient (Wildman–Crippen LogP) is 1.74. The van der Waals surface area contributed by atoms with Gasteiger partial charge in [-0.2, -0.15) is 5.26 Å². The molecule has 0 aliphatic carbocycles. The van der Waals surface area contributed by atoms with Gasteiger partial charge in [-0.1, -0.05) is 0 Å². The largest absolute Gasteiger partial charge is 0.573 e. The fourth-order valence-corrected chi connectivity index (χ4v) is 0.956. The molecule has 0 spiro atoms. The summed E-state index contributed by atoms with van der Waals surface area (Å²) in [5.74, 6) is -0.697. The van der Waals surface area contributed by atoms with Gasteiger partial charge in [-0.25, -0.2) is 0 Å². The number of hydrogen-bond donors (Lipinski definition) is 1. The molecule has 2 N–H and O–H groups in total. The third-order valence-electron chi connectivity index (χ3n) is 1.58. The molecule has 0 aliphatic heterocycles. The van der Waals surface area contributed by atoms with Crippen LogP contribution in [-0.4, -0.2) is 11.3 Å². The van der Waals surface area contributed by atoms with Crippen molar-refractivity contribution in [2.45, 2.75) is 13.3 Å². The summed E-state index contributed by atoms with van der Waals surface area (Å²) in [7, 11) is 0. The van der Waals surface area contributed by atoms with Crippen LogP contribution in [-0.2, 0) is 0 Å². The second-order valence-corrected chi connectivity index (χ2v) is 2.66. The van der Waals surface area contributed by atoms with Crippen molar-refractivity contribution >= 4 is 5.69 Å². The zero-order chi connectivity index (χ0) is 11.6. The van der Waals surface area contributed by atoms with E-state index in [-0.39, 0.29) is 16.9 Å². The van der Waals surface area contributed by atoms with Crippen molar-refractivity contribution in [3.63, 3.8) is 0 Å². The maximum Gasteiger partial charge on any atom is 0.573 e. The van der Waals surface area contributed by atoms with E-state index >= 15 is 0 Å². The molecule has 0 radical (unpaired) electrons. The molecule has 0 unspecified atom stereocenters. The number of nitrogens with two attached hydrogens (primary N) is 1. The number of hydrogen-bond acceptors (Lipinski definition) is 4. The summed E-state index contributed by atoms with van der Waals surface area (Å²) in [6.45, 7) is 1.39. The first kappa shape index (κ1) is 11.1. The molecule has 0 saturated carbocycles. The SMILES string of the molecule is Cc1ncc(N)c(OC(F)(F)F)c1C#N. The van der Waals surface area contributed by atoms with Crippen LogP contribution in [0.3, 0.4) is 0 Å². The second kappa shape index (κ2) is 3.65. The average Bonchev–Trinajstić information content (AvgIpc) is 2.10. The standard InChI is InChI=1S/C8H6F3N3O/c1-4-5(2-12)7(6(13)3-14-4)15-8(9,10)11/h3H,13H2,1H3. The Morgan fingerprint density at radius 1 is 1.53 bits per heavy atom. The Balaban J connectivity index is 3.28. The van der Waals surface area contributed by atoms with Crippen LogP contribution in [0.2, 0.25) is 0 Å². The molecular weight excluding hydrogens is 211 g/mol. The number of aryl methyl sites for hydroxylation is 1. The number of anilines is 1. The third kappa shape index (κ3) is 2.49. The van der Waals surface area contributed by atoms with Crippen molar-refractivity contribution in [1.29, 1.82) is 5.26 Å². The zero-order valence-electron chi connectivity index (χ0n) is 7.59. The summed E-state index contributed by atoms with van der Waals surface area (Å²) >= 11 is 0. The van der Waals surface area contributed by atoms with Crippen molar-refractivity contribution in [1.82, 2.24) is 4.98 Å². The number of alkyl halides is 3. The van der Waals surface area contributed by atoms with Crippen LogP contribution < -0.4 is 10.5 Å². The summed E-state index contributed by atoms with van der Waals surface area (Å²) < 4.78 is 39.5. The van der Waals surface area contributed by atoms with Crippen LogP contribution in [0, 0.1) is 18.3 Å². The lowest BCUT2D eigenvalue weighted by molar-refractivity contribution is -0.274. The van der Waals surface area contributed by atoms with Gasteiger partial charge >= 0.3 is 6.36 Å². The minimum absolute atomic E-state index is 0.131. The minimum atomic E-state index is -4.88. The molecule has 0 bridgehead atoms. The normalized spacial score (nSPS) is 10.9. The monoisotopic (exact) mass is 217 g/mol. The third-order valence-corrected chi connectivity index (χ3v) is 1.58. The highest BCUT2D eigenvalue weighted by Crippen LogP contribution is 2.32. The van der Waals surface area contributed by atoms with Gasteiger partial charge in [0.2, 0.25) is 0 Å². The van der Waals surface area contributed by atoms with Gasteiger partial charge in [0.1, 0.15) is 11.6 Å². The van der Waals surface area contributed by atoms with Crippen LogP contribution >= 0.6 is 0 Å². The van der Waals surface area contributed by atoms with Gasteiger partial charge in [0.15, 0.2) is 5.75 Å². The van der Waals surface area contributed by atoms with Gasteiger partial charge in [0.25, 0.3) is 0 Å². The second-order valence-electron chi connectivity index (χ2n) is 2.66. The minimum Gasteiger partial charge on any atom is -0.402 e. The number of nitriles is 1. The lowest BCUT2D eigenvalue weighted by Gasteiger charge is -2.12.